The molecular weight excluding hydrogens is 497 g/mol. The predicted octanol–water partition coefficient (Wildman–Crippen LogP) is 6.07. The van der Waals surface area contributed by atoms with Gasteiger partial charge in [0, 0.05) is 36.9 Å². The van der Waals surface area contributed by atoms with Crippen LogP contribution in [0.5, 0.6) is 0 Å². The number of aromatic nitrogens is 2. The highest BCUT2D eigenvalue weighted by molar-refractivity contribution is 5.85. The first-order valence-electron chi connectivity index (χ1n) is 11.7. The molecule has 7 nitrogen and oxygen atoms in total. The Bertz CT molecular complexity index is 1340. The molecule has 37 heavy (non-hydrogen) atoms. The van der Waals surface area contributed by atoms with Crippen LogP contribution in [0.1, 0.15) is 24.5 Å². The van der Waals surface area contributed by atoms with Gasteiger partial charge in [0.05, 0.1) is 13.0 Å². The van der Waals surface area contributed by atoms with E-state index in [2.05, 4.69) is 15.0 Å². The van der Waals surface area contributed by atoms with E-state index in [4.69, 9.17) is 14.4 Å². The largest absolute Gasteiger partial charge is 0.481 e. The first-order valence-corrected chi connectivity index (χ1v) is 11.7. The lowest BCUT2D eigenvalue weighted by Crippen LogP contribution is -2.25. The molecule has 0 unspecified atom stereocenters. The number of nitrogens with zero attached hydrogens (tertiary/aromatic N) is 3. The van der Waals surface area contributed by atoms with Crippen LogP contribution in [0.2, 0.25) is 0 Å². The van der Waals surface area contributed by atoms with E-state index in [1.54, 1.807) is 25.3 Å². The molecule has 1 heterocycles. The van der Waals surface area contributed by atoms with Gasteiger partial charge in [-0.05, 0) is 47.5 Å². The Morgan fingerprint density at radius 1 is 1.05 bits per heavy atom. The first-order chi connectivity index (χ1) is 17.5. The molecule has 0 aliphatic carbocycles. The van der Waals surface area contributed by atoms with Crippen molar-refractivity contribution < 1.29 is 23.6 Å². The molecule has 194 valence electrons. The molecule has 0 amide bonds. The van der Waals surface area contributed by atoms with Gasteiger partial charge < -0.3 is 14.4 Å². The number of aliphatic carboxylic acids is 1. The zero-order chi connectivity index (χ0) is 25.5. The van der Waals surface area contributed by atoms with Gasteiger partial charge in [0.1, 0.15) is 5.82 Å². The van der Waals surface area contributed by atoms with E-state index in [1.165, 1.54) is 6.07 Å². The van der Waals surface area contributed by atoms with Crippen molar-refractivity contribution in [2.24, 2.45) is 0 Å². The number of hydrogen-bond acceptors (Lipinski definition) is 6. The van der Waals surface area contributed by atoms with Crippen LogP contribution in [-0.2, 0) is 22.7 Å². The van der Waals surface area contributed by atoms with Gasteiger partial charge in [-0.15, -0.1) is 12.4 Å². The Morgan fingerprint density at radius 2 is 1.86 bits per heavy atom. The fraction of sp³-hybridized carbons (Fsp3) is 0.250. The maximum absolute atomic E-state index is 14.4. The van der Waals surface area contributed by atoms with Crippen molar-refractivity contribution in [3.05, 3.63) is 83.7 Å². The van der Waals surface area contributed by atoms with E-state index in [0.29, 0.717) is 42.5 Å². The highest BCUT2D eigenvalue weighted by Crippen LogP contribution is 2.31. The molecule has 4 rings (SSSR count). The number of halogens is 2. The molecule has 1 aromatic heterocycles. The van der Waals surface area contributed by atoms with E-state index in [-0.39, 0.29) is 24.6 Å². The molecule has 0 fully saturated rings. The van der Waals surface area contributed by atoms with Crippen LogP contribution in [-0.4, -0.2) is 46.3 Å². The Labute approximate surface area is 221 Å². The summed E-state index contributed by atoms with van der Waals surface area (Å²) < 4.78 is 25.3. The lowest BCUT2D eigenvalue weighted by Gasteiger charge is -2.19. The summed E-state index contributed by atoms with van der Waals surface area (Å²) in [6.45, 7) is 4.16. The lowest BCUT2D eigenvalue weighted by atomic mass is 9.97. The molecule has 0 spiro atoms. The third kappa shape index (κ3) is 7.01. The van der Waals surface area contributed by atoms with Crippen LogP contribution in [0.4, 0.5) is 4.39 Å². The third-order valence-electron chi connectivity index (χ3n) is 5.92. The van der Waals surface area contributed by atoms with Crippen LogP contribution in [0.25, 0.3) is 34.0 Å². The lowest BCUT2D eigenvalue weighted by molar-refractivity contribution is -0.137. The summed E-state index contributed by atoms with van der Waals surface area (Å²) in [6.07, 6.45) is 0.0997. The Kier molecular flexibility index (Phi) is 9.91. The van der Waals surface area contributed by atoms with Gasteiger partial charge in [0.15, 0.2) is 0 Å². The van der Waals surface area contributed by atoms with Crippen molar-refractivity contribution in [3.63, 3.8) is 0 Å². The minimum Gasteiger partial charge on any atom is -0.481 e. The predicted molar refractivity (Wildman–Crippen MR) is 142 cm³/mol. The molecular formula is C28H29ClFN3O4. The number of carbonyl (C=O) groups is 1. The standard InChI is InChI=1S/C28H28FN3O4.ClH/c1-3-32(14-13-26(33)34)17-19-7-6-8-20(15-19)27-30-28(36-31-27)21-11-12-23(22(16-21)18-35-2)24-9-4-5-10-25(24)29;/h4-12,15-16H,3,13-14,17-18H2,1-2H3,(H,33,34);1H. The summed E-state index contributed by atoms with van der Waals surface area (Å²) in [4.78, 5) is 17.6. The summed E-state index contributed by atoms with van der Waals surface area (Å²) in [5, 5.41) is 13.1. The number of rotatable bonds is 11. The molecule has 3 aromatic carbocycles. The molecule has 0 saturated carbocycles. The fourth-order valence-corrected chi connectivity index (χ4v) is 4.07. The average Bonchev–Trinajstić information content (AvgIpc) is 3.38. The van der Waals surface area contributed by atoms with Crippen LogP contribution >= 0.6 is 12.4 Å². The van der Waals surface area contributed by atoms with Gasteiger partial charge in [-0.2, -0.15) is 4.98 Å². The van der Waals surface area contributed by atoms with Gasteiger partial charge in [0.2, 0.25) is 5.82 Å². The summed E-state index contributed by atoms with van der Waals surface area (Å²) in [5.41, 5.74) is 4.60. The second-order valence-corrected chi connectivity index (χ2v) is 8.42. The zero-order valence-electron chi connectivity index (χ0n) is 20.7. The van der Waals surface area contributed by atoms with Crippen molar-refractivity contribution in [1.82, 2.24) is 15.0 Å². The third-order valence-corrected chi connectivity index (χ3v) is 5.92. The van der Waals surface area contributed by atoms with Crippen molar-refractivity contribution in [2.75, 3.05) is 20.2 Å². The number of carboxylic acids is 1. The number of carboxylic acid groups (broad SMARTS) is 1. The Hall–Kier alpha value is -3.59. The highest BCUT2D eigenvalue weighted by Gasteiger charge is 2.16. The van der Waals surface area contributed by atoms with E-state index in [0.717, 1.165) is 28.8 Å². The molecule has 0 bridgehead atoms. The van der Waals surface area contributed by atoms with Gasteiger partial charge in [-0.1, -0.05) is 54.5 Å². The molecule has 1 N–H and O–H groups in total. The van der Waals surface area contributed by atoms with Gasteiger partial charge in [-0.25, -0.2) is 4.39 Å². The van der Waals surface area contributed by atoms with E-state index in [1.807, 2.05) is 49.4 Å². The van der Waals surface area contributed by atoms with E-state index < -0.39 is 5.97 Å². The van der Waals surface area contributed by atoms with Gasteiger partial charge in [0.25, 0.3) is 5.89 Å². The minimum absolute atomic E-state index is 0. The smallest absolute Gasteiger partial charge is 0.304 e. The van der Waals surface area contributed by atoms with Crippen LogP contribution in [0, 0.1) is 5.82 Å². The van der Waals surface area contributed by atoms with E-state index >= 15 is 0 Å². The SMILES string of the molecule is CCN(CCC(=O)O)Cc1cccc(-c2noc(-c3ccc(-c4ccccc4F)c(COC)c3)n2)c1.Cl. The van der Waals surface area contributed by atoms with Gasteiger partial charge >= 0.3 is 5.97 Å². The molecule has 4 aromatic rings. The molecule has 0 atom stereocenters. The average molecular weight is 526 g/mol. The quantitative estimate of drug-likeness (QED) is 0.254. The van der Waals surface area contributed by atoms with Crippen molar-refractivity contribution in [1.29, 1.82) is 0 Å². The summed E-state index contributed by atoms with van der Waals surface area (Å²) in [5.74, 6) is -0.305. The zero-order valence-corrected chi connectivity index (χ0v) is 21.5. The molecule has 0 aliphatic heterocycles. The number of methoxy groups -OCH3 is 1. The van der Waals surface area contributed by atoms with Crippen molar-refractivity contribution in [3.8, 4) is 34.0 Å². The van der Waals surface area contributed by atoms with Gasteiger partial charge in [-0.3, -0.25) is 9.69 Å². The topological polar surface area (TPSA) is 88.7 Å². The molecule has 0 saturated heterocycles. The number of hydrogen-bond donors (Lipinski definition) is 1. The molecule has 0 radical (unpaired) electrons. The monoisotopic (exact) mass is 525 g/mol. The Morgan fingerprint density at radius 3 is 2.59 bits per heavy atom. The fourth-order valence-electron chi connectivity index (χ4n) is 4.07. The summed E-state index contributed by atoms with van der Waals surface area (Å²) in [7, 11) is 1.59. The highest BCUT2D eigenvalue weighted by atomic mass is 35.5. The van der Waals surface area contributed by atoms with Crippen molar-refractivity contribution in [2.45, 2.75) is 26.5 Å². The number of ether oxygens (including phenoxy) is 1. The second kappa shape index (κ2) is 13.1. The normalized spacial score (nSPS) is 10.9. The first kappa shape index (κ1) is 28.0. The summed E-state index contributed by atoms with van der Waals surface area (Å²) >= 11 is 0. The molecule has 9 heteroatoms. The van der Waals surface area contributed by atoms with E-state index in [9.17, 15) is 9.18 Å². The maximum Gasteiger partial charge on any atom is 0.304 e. The van der Waals surface area contributed by atoms with Crippen LogP contribution < -0.4 is 0 Å². The second-order valence-electron chi connectivity index (χ2n) is 8.42. The minimum atomic E-state index is -0.808. The Balaban J connectivity index is 0.00000380. The maximum atomic E-state index is 14.4. The summed E-state index contributed by atoms with van der Waals surface area (Å²) in [6, 6.07) is 20.0. The van der Waals surface area contributed by atoms with Crippen LogP contribution in [0.3, 0.4) is 0 Å². The van der Waals surface area contributed by atoms with Crippen LogP contribution in [0.15, 0.2) is 71.3 Å². The number of benzene rings is 3. The molecule has 0 aliphatic rings. The van der Waals surface area contributed by atoms with Crippen molar-refractivity contribution >= 4 is 18.4 Å².